The van der Waals surface area contributed by atoms with Crippen LogP contribution in [0.1, 0.15) is 43.4 Å². The lowest BCUT2D eigenvalue weighted by atomic mass is 10.2. The van der Waals surface area contributed by atoms with E-state index in [4.69, 9.17) is 0 Å². The maximum absolute atomic E-state index is 12.9. The van der Waals surface area contributed by atoms with Gasteiger partial charge in [0, 0.05) is 12.7 Å². The average molecular weight is 311 g/mol. The molecule has 1 amide bonds. The minimum atomic E-state index is -2.66. The molecule has 2 heterocycles. The fourth-order valence-electron chi connectivity index (χ4n) is 2.15. The fraction of sp³-hybridized carbons (Fsp3) is 0.500. The van der Waals surface area contributed by atoms with Crippen LogP contribution in [-0.2, 0) is 17.9 Å². The second-order valence-corrected chi connectivity index (χ2v) is 5.05. The molecule has 120 valence electrons. The second-order valence-electron chi connectivity index (χ2n) is 5.05. The van der Waals surface area contributed by atoms with E-state index in [1.54, 1.807) is 18.5 Å². The van der Waals surface area contributed by atoms with Gasteiger partial charge in [-0.05, 0) is 32.9 Å². The van der Waals surface area contributed by atoms with Crippen LogP contribution in [0.5, 0.6) is 0 Å². The topological polar surface area (TPSA) is 64.7 Å². The zero-order valence-electron chi connectivity index (χ0n) is 12.8. The number of aryl methyl sites for hydroxylation is 2. The van der Waals surface area contributed by atoms with Crippen LogP contribution in [0.2, 0.25) is 0 Å². The predicted octanol–water partition coefficient (Wildman–Crippen LogP) is 2.22. The highest BCUT2D eigenvalue weighted by molar-refractivity contribution is 5.76. The maximum Gasteiger partial charge on any atom is 0.280 e. The molecule has 0 aromatic carbocycles. The molecule has 0 radical (unpaired) electrons. The molecule has 0 fully saturated rings. The van der Waals surface area contributed by atoms with E-state index in [0.29, 0.717) is 5.69 Å². The fourth-order valence-corrected chi connectivity index (χ4v) is 2.15. The van der Waals surface area contributed by atoms with Crippen molar-refractivity contribution >= 4 is 5.91 Å². The summed E-state index contributed by atoms with van der Waals surface area (Å²) in [6.07, 6.45) is -0.837. The summed E-state index contributed by atoms with van der Waals surface area (Å²) in [5.74, 6) is -0.386. The molecule has 22 heavy (non-hydrogen) atoms. The number of hydrogen-bond acceptors (Lipinski definition) is 3. The smallest absolute Gasteiger partial charge is 0.280 e. The van der Waals surface area contributed by atoms with E-state index in [2.05, 4.69) is 15.5 Å². The Morgan fingerprint density at radius 2 is 2.14 bits per heavy atom. The molecule has 0 aliphatic heterocycles. The number of amides is 1. The Balaban J connectivity index is 2.00. The highest BCUT2D eigenvalue weighted by Gasteiger charge is 2.18. The van der Waals surface area contributed by atoms with Gasteiger partial charge in [-0.1, -0.05) is 0 Å². The van der Waals surface area contributed by atoms with Crippen molar-refractivity contribution in [2.45, 2.75) is 46.3 Å². The van der Waals surface area contributed by atoms with Crippen molar-refractivity contribution in [1.82, 2.24) is 24.9 Å². The molecule has 0 aliphatic carbocycles. The molecule has 1 N–H and O–H groups in total. The Kier molecular flexibility index (Phi) is 4.89. The molecule has 6 nitrogen and oxygen atoms in total. The molecule has 1 atom stereocenters. The lowest BCUT2D eigenvalue weighted by Crippen LogP contribution is -2.31. The van der Waals surface area contributed by atoms with E-state index in [1.165, 1.54) is 6.07 Å². The van der Waals surface area contributed by atoms with Crippen LogP contribution >= 0.6 is 0 Å². The van der Waals surface area contributed by atoms with Gasteiger partial charge in [0.15, 0.2) is 0 Å². The van der Waals surface area contributed by atoms with Crippen LogP contribution in [0, 0.1) is 6.92 Å². The Morgan fingerprint density at radius 3 is 2.73 bits per heavy atom. The molecule has 0 aliphatic rings. The van der Waals surface area contributed by atoms with E-state index in [-0.39, 0.29) is 24.2 Å². The van der Waals surface area contributed by atoms with Gasteiger partial charge in [0.25, 0.3) is 6.43 Å². The van der Waals surface area contributed by atoms with Gasteiger partial charge in [0.2, 0.25) is 5.91 Å². The summed E-state index contributed by atoms with van der Waals surface area (Å²) in [5.41, 5.74) is 0.925. The molecular formula is C14H19F2N5O. The molecular weight excluding hydrogens is 292 g/mol. The Morgan fingerprint density at radius 1 is 1.41 bits per heavy atom. The lowest BCUT2D eigenvalue weighted by Gasteiger charge is -2.12. The van der Waals surface area contributed by atoms with E-state index < -0.39 is 6.43 Å². The summed E-state index contributed by atoms with van der Waals surface area (Å²) in [4.78, 5) is 12.0. The molecule has 2 aromatic heterocycles. The number of alkyl halides is 2. The van der Waals surface area contributed by atoms with E-state index in [1.807, 2.05) is 19.2 Å². The van der Waals surface area contributed by atoms with Crippen molar-refractivity contribution in [2.75, 3.05) is 0 Å². The summed E-state index contributed by atoms with van der Waals surface area (Å²) in [6, 6.07) is 2.80. The third-order valence-corrected chi connectivity index (χ3v) is 3.26. The normalized spacial score (nSPS) is 12.6. The van der Waals surface area contributed by atoms with E-state index >= 15 is 0 Å². The Bertz CT molecular complexity index is 649. The first-order valence-electron chi connectivity index (χ1n) is 7.06. The molecule has 1 unspecified atom stereocenters. The molecule has 0 spiro atoms. The number of carbonyl (C=O) groups is 1. The second kappa shape index (κ2) is 6.67. The number of halogens is 2. The minimum Gasteiger partial charge on any atom is -0.346 e. The van der Waals surface area contributed by atoms with Crippen molar-refractivity contribution in [3.05, 3.63) is 35.4 Å². The summed E-state index contributed by atoms with van der Waals surface area (Å²) in [6.45, 7) is 5.87. The Labute approximate surface area is 127 Å². The first kappa shape index (κ1) is 16.1. The van der Waals surface area contributed by atoms with E-state index in [9.17, 15) is 13.6 Å². The number of aromatic nitrogens is 4. The average Bonchev–Trinajstić information content (AvgIpc) is 3.05. The quantitative estimate of drug-likeness (QED) is 0.889. The van der Waals surface area contributed by atoms with Crippen molar-refractivity contribution < 1.29 is 13.6 Å². The summed E-state index contributed by atoms with van der Waals surface area (Å²) in [7, 11) is 0. The van der Waals surface area contributed by atoms with Crippen molar-refractivity contribution in [3.8, 4) is 0 Å². The standard InChI is InChI=1S/C14H19F2N5O/c1-4-20-6-5-11(19-20)10(3)17-13(22)8-21-12(14(15)16)7-9(2)18-21/h5-7,10,14H,4,8H2,1-3H3,(H,17,22). The molecule has 2 aromatic rings. The first-order valence-corrected chi connectivity index (χ1v) is 7.06. The van der Waals surface area contributed by atoms with Crippen LogP contribution in [-0.4, -0.2) is 25.5 Å². The van der Waals surface area contributed by atoms with Gasteiger partial charge in [-0.2, -0.15) is 10.2 Å². The highest BCUT2D eigenvalue weighted by atomic mass is 19.3. The number of rotatable bonds is 6. The third kappa shape index (κ3) is 3.69. The van der Waals surface area contributed by atoms with Gasteiger partial charge in [0.1, 0.15) is 12.2 Å². The Hall–Kier alpha value is -2.25. The van der Waals surface area contributed by atoms with Crippen LogP contribution in [0.15, 0.2) is 18.3 Å². The van der Waals surface area contributed by atoms with Crippen molar-refractivity contribution in [1.29, 1.82) is 0 Å². The SMILES string of the molecule is CCn1ccc(C(C)NC(=O)Cn2nc(C)cc2C(F)F)n1. The molecule has 2 rings (SSSR count). The van der Waals surface area contributed by atoms with Gasteiger partial charge < -0.3 is 5.32 Å². The van der Waals surface area contributed by atoms with Gasteiger partial charge >= 0.3 is 0 Å². The first-order chi connectivity index (χ1) is 10.4. The van der Waals surface area contributed by atoms with Gasteiger partial charge in [0.05, 0.1) is 17.4 Å². The zero-order chi connectivity index (χ0) is 16.3. The maximum atomic E-state index is 12.9. The largest absolute Gasteiger partial charge is 0.346 e. The molecule has 0 saturated heterocycles. The molecule has 0 bridgehead atoms. The number of nitrogens with zero attached hydrogens (tertiary/aromatic N) is 4. The van der Waals surface area contributed by atoms with Gasteiger partial charge in [-0.3, -0.25) is 14.2 Å². The molecule has 0 saturated carbocycles. The molecule has 8 heteroatoms. The van der Waals surface area contributed by atoms with Gasteiger partial charge in [-0.15, -0.1) is 0 Å². The van der Waals surface area contributed by atoms with Gasteiger partial charge in [-0.25, -0.2) is 8.78 Å². The summed E-state index contributed by atoms with van der Waals surface area (Å²) >= 11 is 0. The van der Waals surface area contributed by atoms with Crippen LogP contribution in [0.3, 0.4) is 0 Å². The summed E-state index contributed by atoms with van der Waals surface area (Å²) in [5, 5.41) is 11.0. The third-order valence-electron chi connectivity index (χ3n) is 3.26. The number of hydrogen-bond donors (Lipinski definition) is 1. The highest BCUT2D eigenvalue weighted by Crippen LogP contribution is 2.19. The van der Waals surface area contributed by atoms with Crippen molar-refractivity contribution in [2.24, 2.45) is 0 Å². The van der Waals surface area contributed by atoms with Crippen LogP contribution in [0.4, 0.5) is 8.78 Å². The predicted molar refractivity (Wildman–Crippen MR) is 76.4 cm³/mol. The van der Waals surface area contributed by atoms with Crippen molar-refractivity contribution in [3.63, 3.8) is 0 Å². The lowest BCUT2D eigenvalue weighted by molar-refractivity contribution is -0.122. The minimum absolute atomic E-state index is 0.244. The zero-order valence-corrected chi connectivity index (χ0v) is 12.8. The van der Waals surface area contributed by atoms with E-state index in [0.717, 1.165) is 16.9 Å². The number of carbonyl (C=O) groups excluding carboxylic acids is 1. The number of nitrogens with one attached hydrogen (secondary N) is 1. The van der Waals surface area contributed by atoms with Crippen LogP contribution < -0.4 is 5.32 Å². The monoisotopic (exact) mass is 311 g/mol. The van der Waals surface area contributed by atoms with Crippen LogP contribution in [0.25, 0.3) is 0 Å². The summed E-state index contributed by atoms with van der Waals surface area (Å²) < 4.78 is 28.5.